The van der Waals surface area contributed by atoms with Gasteiger partial charge in [-0.1, -0.05) is 29.8 Å². The fourth-order valence-electron chi connectivity index (χ4n) is 3.35. The van der Waals surface area contributed by atoms with E-state index in [0.29, 0.717) is 25.2 Å². The predicted octanol–water partition coefficient (Wildman–Crippen LogP) is 3.41. The van der Waals surface area contributed by atoms with Crippen molar-refractivity contribution in [1.82, 2.24) is 4.90 Å². The molecular formula is C23H32N4O2. The third-order valence-corrected chi connectivity index (χ3v) is 5.18. The van der Waals surface area contributed by atoms with E-state index < -0.39 is 0 Å². The van der Waals surface area contributed by atoms with Crippen LogP contribution in [0.5, 0.6) is 5.75 Å². The highest BCUT2D eigenvalue weighted by atomic mass is 16.5. The Morgan fingerprint density at radius 2 is 1.97 bits per heavy atom. The molecule has 2 aromatic carbocycles. The molecule has 0 radical (unpaired) electrons. The standard InChI is InChI=1S/C23H32N4O2/c1-18-6-8-20(9-7-18)26-23(24)25-17-19-4-3-5-22(16-19)29-15-12-27(2)21-10-13-28-14-11-21/h3-9,16,21H,10-15,17H2,1-2H3,(H3,24,25,26). The zero-order chi connectivity index (χ0) is 20.5. The summed E-state index contributed by atoms with van der Waals surface area (Å²) in [5.41, 5.74) is 9.21. The monoisotopic (exact) mass is 396 g/mol. The minimum atomic E-state index is 0.401. The minimum Gasteiger partial charge on any atom is -0.492 e. The maximum atomic E-state index is 6.01. The topological polar surface area (TPSA) is 72.1 Å². The number of aliphatic imine (C=N–C) groups is 1. The first kappa shape index (κ1) is 21.1. The van der Waals surface area contributed by atoms with Crippen LogP contribution in [0.2, 0.25) is 0 Å². The molecule has 0 atom stereocenters. The highest BCUT2D eigenvalue weighted by Crippen LogP contribution is 2.16. The number of ether oxygens (including phenoxy) is 2. The molecule has 0 aromatic heterocycles. The van der Waals surface area contributed by atoms with Gasteiger partial charge < -0.3 is 20.5 Å². The zero-order valence-corrected chi connectivity index (χ0v) is 17.4. The summed E-state index contributed by atoms with van der Waals surface area (Å²) in [6.07, 6.45) is 2.20. The number of anilines is 1. The van der Waals surface area contributed by atoms with Gasteiger partial charge in [-0.3, -0.25) is 4.90 Å². The van der Waals surface area contributed by atoms with Gasteiger partial charge >= 0.3 is 0 Å². The van der Waals surface area contributed by atoms with E-state index >= 15 is 0 Å². The predicted molar refractivity (Wildman–Crippen MR) is 119 cm³/mol. The number of likely N-dealkylation sites (N-methyl/N-ethyl adjacent to an activating group) is 1. The van der Waals surface area contributed by atoms with Crippen molar-refractivity contribution in [3.8, 4) is 5.75 Å². The number of nitrogens with two attached hydrogens (primary N) is 1. The summed E-state index contributed by atoms with van der Waals surface area (Å²) in [5, 5.41) is 3.11. The number of nitrogens with one attached hydrogen (secondary N) is 1. The molecule has 1 fully saturated rings. The van der Waals surface area contributed by atoms with Gasteiger partial charge in [-0.05, 0) is 56.6 Å². The van der Waals surface area contributed by atoms with Crippen LogP contribution >= 0.6 is 0 Å². The highest BCUT2D eigenvalue weighted by Gasteiger charge is 2.17. The van der Waals surface area contributed by atoms with Gasteiger partial charge in [0.25, 0.3) is 0 Å². The van der Waals surface area contributed by atoms with Crippen molar-refractivity contribution in [3.63, 3.8) is 0 Å². The molecule has 6 heteroatoms. The fourth-order valence-corrected chi connectivity index (χ4v) is 3.35. The Labute approximate surface area is 173 Å². The molecule has 3 N–H and O–H groups in total. The third kappa shape index (κ3) is 7.07. The van der Waals surface area contributed by atoms with Crippen molar-refractivity contribution in [2.75, 3.05) is 38.7 Å². The van der Waals surface area contributed by atoms with Gasteiger partial charge in [-0.2, -0.15) is 0 Å². The summed E-state index contributed by atoms with van der Waals surface area (Å²) in [7, 11) is 2.16. The van der Waals surface area contributed by atoms with Crippen LogP contribution in [0, 0.1) is 6.92 Å². The van der Waals surface area contributed by atoms with Crippen molar-refractivity contribution < 1.29 is 9.47 Å². The van der Waals surface area contributed by atoms with Crippen LogP contribution in [-0.2, 0) is 11.3 Å². The van der Waals surface area contributed by atoms with Gasteiger partial charge in [0.2, 0.25) is 0 Å². The average Bonchev–Trinajstić information content (AvgIpc) is 2.75. The average molecular weight is 397 g/mol. The van der Waals surface area contributed by atoms with Gasteiger partial charge in [0.1, 0.15) is 12.4 Å². The van der Waals surface area contributed by atoms with E-state index in [1.54, 1.807) is 0 Å². The second-order valence-electron chi connectivity index (χ2n) is 7.51. The Balaban J connectivity index is 1.45. The Morgan fingerprint density at radius 3 is 2.72 bits per heavy atom. The van der Waals surface area contributed by atoms with Crippen LogP contribution < -0.4 is 15.8 Å². The molecule has 3 rings (SSSR count). The maximum absolute atomic E-state index is 6.01. The van der Waals surface area contributed by atoms with Crippen LogP contribution in [0.4, 0.5) is 5.69 Å². The molecule has 1 saturated heterocycles. The third-order valence-electron chi connectivity index (χ3n) is 5.18. The second-order valence-corrected chi connectivity index (χ2v) is 7.51. The van der Waals surface area contributed by atoms with Crippen LogP contribution in [0.15, 0.2) is 53.5 Å². The molecule has 0 spiro atoms. The molecule has 0 amide bonds. The smallest absolute Gasteiger partial charge is 0.193 e. The molecule has 1 aliphatic rings. The first-order valence-electron chi connectivity index (χ1n) is 10.2. The fraction of sp³-hybridized carbons (Fsp3) is 0.435. The van der Waals surface area contributed by atoms with E-state index in [4.69, 9.17) is 15.2 Å². The number of hydrogen-bond acceptors (Lipinski definition) is 4. The summed E-state index contributed by atoms with van der Waals surface area (Å²) in [6.45, 7) is 5.85. The van der Waals surface area contributed by atoms with Gasteiger partial charge in [-0.15, -0.1) is 0 Å². The number of benzene rings is 2. The van der Waals surface area contributed by atoms with E-state index in [1.807, 2.05) is 48.5 Å². The summed E-state index contributed by atoms with van der Waals surface area (Å²) in [5.74, 6) is 1.27. The van der Waals surface area contributed by atoms with E-state index in [9.17, 15) is 0 Å². The van der Waals surface area contributed by atoms with Gasteiger partial charge in [0.15, 0.2) is 5.96 Å². The van der Waals surface area contributed by atoms with Crippen LogP contribution in [-0.4, -0.2) is 50.3 Å². The Hall–Kier alpha value is -2.57. The maximum Gasteiger partial charge on any atom is 0.193 e. The molecule has 0 saturated carbocycles. The molecule has 2 aromatic rings. The number of hydrogen-bond donors (Lipinski definition) is 2. The van der Waals surface area contributed by atoms with Gasteiger partial charge in [-0.25, -0.2) is 4.99 Å². The van der Waals surface area contributed by atoms with Crippen molar-refractivity contribution >= 4 is 11.6 Å². The highest BCUT2D eigenvalue weighted by molar-refractivity contribution is 5.92. The lowest BCUT2D eigenvalue weighted by Gasteiger charge is -2.31. The van der Waals surface area contributed by atoms with Crippen LogP contribution in [0.3, 0.4) is 0 Å². The molecule has 6 nitrogen and oxygen atoms in total. The first-order chi connectivity index (χ1) is 14.1. The Bertz CT molecular complexity index is 786. The molecule has 0 unspecified atom stereocenters. The zero-order valence-electron chi connectivity index (χ0n) is 17.4. The lowest BCUT2D eigenvalue weighted by molar-refractivity contribution is 0.0392. The van der Waals surface area contributed by atoms with E-state index in [0.717, 1.165) is 49.6 Å². The number of rotatable bonds is 8. The minimum absolute atomic E-state index is 0.401. The molecule has 0 bridgehead atoms. The largest absolute Gasteiger partial charge is 0.492 e. The molecule has 0 aliphatic carbocycles. The van der Waals surface area contributed by atoms with Crippen molar-refractivity contribution in [3.05, 3.63) is 59.7 Å². The van der Waals surface area contributed by atoms with Crippen LogP contribution in [0.1, 0.15) is 24.0 Å². The summed E-state index contributed by atoms with van der Waals surface area (Å²) in [6, 6.07) is 16.7. The quantitative estimate of drug-likeness (QED) is 0.528. The lowest BCUT2D eigenvalue weighted by Crippen LogP contribution is -2.38. The normalized spacial score (nSPS) is 15.5. The molecule has 29 heavy (non-hydrogen) atoms. The molecular weight excluding hydrogens is 364 g/mol. The van der Waals surface area contributed by atoms with Crippen molar-refractivity contribution in [2.24, 2.45) is 10.7 Å². The van der Waals surface area contributed by atoms with Crippen molar-refractivity contribution in [1.29, 1.82) is 0 Å². The van der Waals surface area contributed by atoms with E-state index in [2.05, 4.69) is 29.2 Å². The SMILES string of the molecule is Cc1ccc(NC(N)=NCc2cccc(OCCN(C)C3CCOCC3)c2)cc1. The second kappa shape index (κ2) is 10.8. The van der Waals surface area contributed by atoms with Gasteiger partial charge in [0.05, 0.1) is 6.54 Å². The first-order valence-corrected chi connectivity index (χ1v) is 10.2. The summed E-state index contributed by atoms with van der Waals surface area (Å²) in [4.78, 5) is 6.80. The summed E-state index contributed by atoms with van der Waals surface area (Å²) >= 11 is 0. The molecule has 1 heterocycles. The van der Waals surface area contributed by atoms with Gasteiger partial charge in [0, 0.05) is 31.5 Å². The Kier molecular flexibility index (Phi) is 7.90. The number of guanidine groups is 1. The summed E-state index contributed by atoms with van der Waals surface area (Å²) < 4.78 is 11.4. The van der Waals surface area contributed by atoms with E-state index in [1.165, 1.54) is 5.56 Å². The lowest BCUT2D eigenvalue weighted by atomic mass is 10.1. The van der Waals surface area contributed by atoms with Crippen molar-refractivity contribution in [2.45, 2.75) is 32.4 Å². The number of nitrogens with zero attached hydrogens (tertiary/aromatic N) is 2. The molecule has 156 valence electrons. The van der Waals surface area contributed by atoms with E-state index in [-0.39, 0.29) is 0 Å². The number of aryl methyl sites for hydroxylation is 1. The van der Waals surface area contributed by atoms with Crippen LogP contribution in [0.25, 0.3) is 0 Å². The Morgan fingerprint density at radius 1 is 1.21 bits per heavy atom. The molecule has 1 aliphatic heterocycles.